The number of carboxylic acid groups (broad SMARTS) is 1. The van der Waals surface area contributed by atoms with E-state index in [1.165, 1.54) is 6.07 Å². The van der Waals surface area contributed by atoms with Crippen molar-refractivity contribution in [3.8, 4) is 0 Å². The number of aliphatic carboxylic acids is 1. The molecular formula is C18H24FN3O3. The minimum atomic E-state index is -0.850. The van der Waals surface area contributed by atoms with Crippen molar-refractivity contribution in [2.45, 2.75) is 25.3 Å². The molecule has 2 aliphatic heterocycles. The average molecular weight is 349 g/mol. The number of halogens is 1. The van der Waals surface area contributed by atoms with Crippen molar-refractivity contribution in [1.29, 1.82) is 0 Å². The van der Waals surface area contributed by atoms with Gasteiger partial charge in [0.15, 0.2) is 0 Å². The number of carbonyl (C=O) groups is 2. The van der Waals surface area contributed by atoms with Gasteiger partial charge in [-0.1, -0.05) is 18.6 Å². The summed E-state index contributed by atoms with van der Waals surface area (Å²) in [6.07, 6.45) is 2.42. The maximum atomic E-state index is 13.9. The van der Waals surface area contributed by atoms with Gasteiger partial charge in [0.25, 0.3) is 0 Å². The summed E-state index contributed by atoms with van der Waals surface area (Å²) < 4.78 is 13.9. The van der Waals surface area contributed by atoms with Crippen LogP contribution in [0.3, 0.4) is 0 Å². The van der Waals surface area contributed by atoms with Gasteiger partial charge < -0.3 is 14.9 Å². The molecule has 2 heterocycles. The summed E-state index contributed by atoms with van der Waals surface area (Å²) in [6, 6.07) is 6.10. The van der Waals surface area contributed by atoms with Crippen LogP contribution in [-0.4, -0.2) is 72.1 Å². The molecule has 0 radical (unpaired) electrons. The fourth-order valence-corrected chi connectivity index (χ4v) is 3.64. The number of amides is 1. The molecule has 6 nitrogen and oxygen atoms in total. The van der Waals surface area contributed by atoms with Crippen LogP contribution in [0.2, 0.25) is 0 Å². The molecule has 1 aromatic rings. The first-order valence-corrected chi connectivity index (χ1v) is 8.80. The van der Waals surface area contributed by atoms with Crippen LogP contribution in [0.5, 0.6) is 0 Å². The van der Waals surface area contributed by atoms with E-state index in [1.54, 1.807) is 28.0 Å². The van der Waals surface area contributed by atoms with Gasteiger partial charge in [0.2, 0.25) is 5.91 Å². The Morgan fingerprint density at radius 1 is 1.08 bits per heavy atom. The molecule has 25 heavy (non-hydrogen) atoms. The number of anilines is 1. The molecule has 1 aromatic carbocycles. The Labute approximate surface area is 146 Å². The molecule has 7 heteroatoms. The number of carboxylic acids is 1. The lowest BCUT2D eigenvalue weighted by Crippen LogP contribution is -2.54. The van der Waals surface area contributed by atoms with Crippen LogP contribution >= 0.6 is 0 Å². The van der Waals surface area contributed by atoms with Gasteiger partial charge in [0.05, 0.1) is 12.2 Å². The highest BCUT2D eigenvalue weighted by Crippen LogP contribution is 2.21. The summed E-state index contributed by atoms with van der Waals surface area (Å²) in [7, 11) is 0. The second-order valence-electron chi connectivity index (χ2n) is 6.64. The first kappa shape index (κ1) is 17.7. The third-order valence-corrected chi connectivity index (χ3v) is 5.06. The quantitative estimate of drug-likeness (QED) is 0.891. The van der Waals surface area contributed by atoms with Crippen molar-refractivity contribution in [2.75, 3.05) is 44.2 Å². The Kier molecular flexibility index (Phi) is 5.53. The van der Waals surface area contributed by atoms with Gasteiger partial charge in [-0.2, -0.15) is 0 Å². The first-order valence-electron chi connectivity index (χ1n) is 8.80. The van der Waals surface area contributed by atoms with Crippen molar-refractivity contribution >= 4 is 17.6 Å². The van der Waals surface area contributed by atoms with Crippen molar-refractivity contribution in [3.05, 3.63) is 30.1 Å². The summed E-state index contributed by atoms with van der Waals surface area (Å²) in [4.78, 5) is 29.4. The van der Waals surface area contributed by atoms with Crippen LogP contribution in [0.15, 0.2) is 24.3 Å². The van der Waals surface area contributed by atoms with E-state index in [0.717, 1.165) is 12.8 Å². The fraction of sp³-hybridized carbons (Fsp3) is 0.556. The molecule has 2 saturated heterocycles. The summed E-state index contributed by atoms with van der Waals surface area (Å²) in [5.41, 5.74) is 0.566. The lowest BCUT2D eigenvalue weighted by molar-refractivity contribution is -0.146. The van der Waals surface area contributed by atoms with Crippen LogP contribution < -0.4 is 4.90 Å². The summed E-state index contributed by atoms with van der Waals surface area (Å²) in [5, 5.41) is 9.31. The molecule has 1 N–H and O–H groups in total. The Bertz CT molecular complexity index is 632. The highest BCUT2D eigenvalue weighted by molar-refractivity contribution is 5.80. The number of carbonyl (C=O) groups excluding carboxylic acids is 1. The molecular weight excluding hydrogens is 325 g/mol. The van der Waals surface area contributed by atoms with E-state index in [1.807, 2.05) is 4.90 Å². The highest BCUT2D eigenvalue weighted by atomic mass is 19.1. The molecule has 2 aliphatic rings. The van der Waals surface area contributed by atoms with Crippen molar-refractivity contribution in [1.82, 2.24) is 9.80 Å². The van der Waals surface area contributed by atoms with E-state index in [2.05, 4.69) is 0 Å². The van der Waals surface area contributed by atoms with Crippen LogP contribution in [0.4, 0.5) is 10.1 Å². The molecule has 1 amide bonds. The molecule has 1 unspecified atom stereocenters. The van der Waals surface area contributed by atoms with E-state index in [4.69, 9.17) is 0 Å². The second kappa shape index (κ2) is 7.82. The van der Waals surface area contributed by atoms with Crippen LogP contribution in [0, 0.1) is 5.82 Å². The van der Waals surface area contributed by atoms with E-state index in [0.29, 0.717) is 44.8 Å². The number of nitrogens with zero attached hydrogens (tertiary/aromatic N) is 3. The number of piperidine rings is 1. The van der Waals surface area contributed by atoms with Crippen LogP contribution in [0.25, 0.3) is 0 Å². The van der Waals surface area contributed by atoms with E-state index < -0.39 is 12.0 Å². The van der Waals surface area contributed by atoms with Gasteiger partial charge in [0, 0.05) is 26.2 Å². The lowest BCUT2D eigenvalue weighted by Gasteiger charge is -2.38. The Morgan fingerprint density at radius 2 is 1.80 bits per heavy atom. The zero-order chi connectivity index (χ0) is 17.8. The number of hydrogen-bond acceptors (Lipinski definition) is 4. The summed E-state index contributed by atoms with van der Waals surface area (Å²) >= 11 is 0. The minimum absolute atomic E-state index is 0.0404. The molecule has 0 saturated carbocycles. The van der Waals surface area contributed by atoms with Gasteiger partial charge in [-0.15, -0.1) is 0 Å². The first-order chi connectivity index (χ1) is 12.1. The second-order valence-corrected chi connectivity index (χ2v) is 6.64. The van der Waals surface area contributed by atoms with E-state index in [9.17, 15) is 19.1 Å². The normalized spacial score (nSPS) is 22.0. The molecule has 136 valence electrons. The number of benzene rings is 1. The Hall–Kier alpha value is -2.15. The molecule has 0 aliphatic carbocycles. The highest BCUT2D eigenvalue weighted by Gasteiger charge is 2.31. The van der Waals surface area contributed by atoms with Crippen molar-refractivity contribution in [3.63, 3.8) is 0 Å². The average Bonchev–Trinajstić information content (AvgIpc) is 2.62. The predicted molar refractivity (Wildman–Crippen MR) is 92.0 cm³/mol. The topological polar surface area (TPSA) is 64.1 Å². The number of rotatable bonds is 4. The zero-order valence-electron chi connectivity index (χ0n) is 14.2. The lowest BCUT2D eigenvalue weighted by atomic mass is 10.0. The SMILES string of the molecule is O=C(O)C1CCCCN1CC(=O)N1CCN(c2ccccc2F)CC1. The van der Waals surface area contributed by atoms with E-state index >= 15 is 0 Å². The van der Waals surface area contributed by atoms with Gasteiger partial charge >= 0.3 is 5.97 Å². The van der Waals surface area contributed by atoms with Crippen LogP contribution in [0.1, 0.15) is 19.3 Å². The predicted octanol–water partition coefficient (Wildman–Crippen LogP) is 1.41. The third kappa shape index (κ3) is 4.10. The monoisotopic (exact) mass is 349 g/mol. The molecule has 1 atom stereocenters. The van der Waals surface area contributed by atoms with Gasteiger partial charge in [0.1, 0.15) is 11.9 Å². The third-order valence-electron chi connectivity index (χ3n) is 5.06. The Morgan fingerprint density at radius 3 is 2.48 bits per heavy atom. The number of para-hydroxylation sites is 1. The van der Waals surface area contributed by atoms with Crippen LogP contribution in [-0.2, 0) is 9.59 Å². The fourth-order valence-electron chi connectivity index (χ4n) is 3.64. The number of piperazine rings is 1. The maximum Gasteiger partial charge on any atom is 0.320 e. The standard InChI is InChI=1S/C18H24FN3O3/c19-14-5-1-2-6-15(14)20-9-11-21(12-10-20)17(23)13-22-8-4-3-7-16(22)18(24)25/h1-2,5-6,16H,3-4,7-13H2,(H,24,25). The molecule has 2 fully saturated rings. The maximum absolute atomic E-state index is 13.9. The largest absolute Gasteiger partial charge is 0.480 e. The zero-order valence-corrected chi connectivity index (χ0v) is 14.2. The summed E-state index contributed by atoms with van der Waals surface area (Å²) in [6.45, 7) is 3.01. The molecule has 0 bridgehead atoms. The van der Waals surface area contributed by atoms with Gasteiger partial charge in [-0.05, 0) is 31.5 Å². The summed E-state index contributed by atoms with van der Waals surface area (Å²) in [5.74, 6) is -1.14. The number of likely N-dealkylation sites (tertiary alicyclic amines) is 1. The molecule has 0 aromatic heterocycles. The van der Waals surface area contributed by atoms with E-state index in [-0.39, 0.29) is 18.3 Å². The smallest absolute Gasteiger partial charge is 0.320 e. The van der Waals surface area contributed by atoms with Crippen molar-refractivity contribution in [2.24, 2.45) is 0 Å². The molecule has 3 rings (SSSR count). The number of hydrogen-bond donors (Lipinski definition) is 1. The van der Waals surface area contributed by atoms with Gasteiger partial charge in [-0.25, -0.2) is 4.39 Å². The van der Waals surface area contributed by atoms with Gasteiger partial charge in [-0.3, -0.25) is 14.5 Å². The molecule has 0 spiro atoms. The Balaban J connectivity index is 1.55. The van der Waals surface area contributed by atoms with Crippen molar-refractivity contribution < 1.29 is 19.1 Å². The minimum Gasteiger partial charge on any atom is -0.480 e.